The lowest BCUT2D eigenvalue weighted by molar-refractivity contribution is -0.140. The van der Waals surface area contributed by atoms with Gasteiger partial charge in [-0.2, -0.15) is 0 Å². The topological polar surface area (TPSA) is 163 Å². The highest BCUT2D eigenvalue weighted by Crippen LogP contribution is 2.35. The number of benzene rings is 1. The number of hydrogen-bond donors (Lipinski definition) is 4. The van der Waals surface area contributed by atoms with Crippen LogP contribution in [0.2, 0.25) is 0 Å². The molecule has 2 atom stereocenters. The molecule has 0 aliphatic carbocycles. The Morgan fingerprint density at radius 1 is 0.977 bits per heavy atom. The number of likely N-dealkylation sites (tertiary alicyclic amines) is 1. The minimum atomic E-state index is -0.807. The zero-order valence-electron chi connectivity index (χ0n) is 26.2. The van der Waals surface area contributed by atoms with Crippen LogP contribution in [0.1, 0.15) is 79.2 Å². The third-order valence-electron chi connectivity index (χ3n) is 7.19. The monoisotopic (exact) mass is 601 g/mol. The molecule has 1 aliphatic heterocycles. The molecule has 2 unspecified atom stereocenters. The van der Waals surface area contributed by atoms with Crippen LogP contribution < -0.4 is 21.3 Å². The fraction of sp³-hybridized carbons (Fsp3) is 0.613. The van der Waals surface area contributed by atoms with Crippen molar-refractivity contribution >= 4 is 41.3 Å². The van der Waals surface area contributed by atoms with Crippen LogP contribution in [-0.4, -0.2) is 66.2 Å². The average molecular weight is 602 g/mol. The van der Waals surface area contributed by atoms with Gasteiger partial charge >= 0.3 is 6.09 Å². The molecule has 1 aliphatic rings. The molecular weight excluding hydrogens is 554 g/mol. The van der Waals surface area contributed by atoms with Crippen LogP contribution in [-0.2, 0) is 35.3 Å². The number of carbonyl (C=O) groups is 6. The van der Waals surface area contributed by atoms with Crippen molar-refractivity contribution in [2.45, 2.75) is 86.3 Å². The van der Waals surface area contributed by atoms with Gasteiger partial charge in [-0.3, -0.25) is 28.9 Å². The molecule has 0 saturated carbocycles. The van der Waals surface area contributed by atoms with Crippen LogP contribution in [0.25, 0.3) is 0 Å². The fourth-order valence-electron chi connectivity index (χ4n) is 4.62. The number of carbonyl (C=O) groups excluding carboxylic acids is 6. The SMILES string of the molecule is CCNC(=O)OCc1ccc(NC(=O)CNC(=O)C(NC(=O)CCCCCN2C(=O)CC(C(C)(C)C)C2=O)C(C)C)cc1. The molecule has 1 heterocycles. The number of hydrogen-bond acceptors (Lipinski definition) is 7. The van der Waals surface area contributed by atoms with Crippen LogP contribution in [0.3, 0.4) is 0 Å². The number of alkyl carbamates (subject to hydrolysis) is 1. The second kappa shape index (κ2) is 16.6. The van der Waals surface area contributed by atoms with E-state index in [2.05, 4.69) is 21.3 Å². The van der Waals surface area contributed by atoms with Crippen molar-refractivity contribution in [2.75, 3.05) is 25.0 Å². The number of nitrogens with zero attached hydrogens (tertiary/aromatic N) is 1. The lowest BCUT2D eigenvalue weighted by Crippen LogP contribution is -2.51. The molecule has 0 bridgehead atoms. The molecule has 12 heteroatoms. The van der Waals surface area contributed by atoms with E-state index in [0.29, 0.717) is 38.0 Å². The lowest BCUT2D eigenvalue weighted by Gasteiger charge is -2.24. The minimum Gasteiger partial charge on any atom is -0.445 e. The highest BCUT2D eigenvalue weighted by molar-refractivity contribution is 6.03. The predicted molar refractivity (Wildman–Crippen MR) is 161 cm³/mol. The first-order chi connectivity index (χ1) is 20.2. The second-order valence-corrected chi connectivity index (χ2v) is 12.2. The number of nitrogens with one attached hydrogen (secondary N) is 4. The molecule has 0 aromatic heterocycles. The van der Waals surface area contributed by atoms with Gasteiger partial charge in [0.1, 0.15) is 12.6 Å². The van der Waals surface area contributed by atoms with Gasteiger partial charge in [-0.1, -0.05) is 53.2 Å². The molecule has 0 spiro atoms. The third-order valence-corrected chi connectivity index (χ3v) is 7.19. The summed E-state index contributed by atoms with van der Waals surface area (Å²) in [4.78, 5) is 75.3. The Labute approximate surface area is 254 Å². The smallest absolute Gasteiger partial charge is 0.407 e. The molecule has 4 N–H and O–H groups in total. The Morgan fingerprint density at radius 2 is 1.65 bits per heavy atom. The summed E-state index contributed by atoms with van der Waals surface area (Å²) < 4.78 is 5.06. The zero-order valence-corrected chi connectivity index (χ0v) is 26.2. The Hall–Kier alpha value is -3.96. The van der Waals surface area contributed by atoms with E-state index in [1.807, 2.05) is 20.8 Å². The molecule has 6 amide bonds. The lowest BCUT2D eigenvalue weighted by atomic mass is 9.80. The van der Waals surface area contributed by atoms with Crippen LogP contribution in [0.5, 0.6) is 0 Å². The molecular formula is C31H47N5O7. The van der Waals surface area contributed by atoms with Gasteiger partial charge < -0.3 is 26.0 Å². The molecule has 1 saturated heterocycles. The quantitative estimate of drug-likeness (QED) is 0.177. The molecule has 238 valence electrons. The van der Waals surface area contributed by atoms with E-state index in [0.717, 1.165) is 5.56 Å². The predicted octanol–water partition coefficient (Wildman–Crippen LogP) is 3.11. The number of rotatable bonds is 15. The standard InChI is InChI=1S/C31H47N5O7/c1-7-32-30(42)43-19-21-12-14-22(15-13-21)34-25(38)18-33-28(40)27(20(2)3)35-24(37)11-9-8-10-16-36-26(39)17-23(29(36)41)31(4,5)6/h12-15,20,23,27H,7-11,16-19H2,1-6H3,(H,32,42)(H,33,40)(H,34,38)(H,35,37). The summed E-state index contributed by atoms with van der Waals surface area (Å²) in [5.74, 6) is -1.93. The van der Waals surface area contributed by atoms with E-state index in [1.54, 1.807) is 45.0 Å². The molecule has 1 fully saturated rings. The van der Waals surface area contributed by atoms with E-state index in [4.69, 9.17) is 4.74 Å². The first-order valence-electron chi connectivity index (χ1n) is 14.9. The highest BCUT2D eigenvalue weighted by Gasteiger charge is 2.44. The molecule has 2 rings (SSSR count). The van der Waals surface area contributed by atoms with Crippen molar-refractivity contribution in [1.82, 2.24) is 20.9 Å². The van der Waals surface area contributed by atoms with Gasteiger partial charge in [0.15, 0.2) is 0 Å². The summed E-state index contributed by atoms with van der Waals surface area (Å²) in [6, 6.07) is 5.95. The summed E-state index contributed by atoms with van der Waals surface area (Å²) >= 11 is 0. The van der Waals surface area contributed by atoms with Crippen LogP contribution in [0.15, 0.2) is 24.3 Å². The van der Waals surface area contributed by atoms with Crippen molar-refractivity contribution in [3.63, 3.8) is 0 Å². The van der Waals surface area contributed by atoms with E-state index in [9.17, 15) is 28.8 Å². The summed E-state index contributed by atoms with van der Waals surface area (Å²) in [5.41, 5.74) is 1.00. The van der Waals surface area contributed by atoms with E-state index >= 15 is 0 Å². The Bertz CT molecular complexity index is 1140. The number of unbranched alkanes of at least 4 members (excludes halogenated alkanes) is 2. The molecule has 12 nitrogen and oxygen atoms in total. The summed E-state index contributed by atoms with van der Waals surface area (Å²) in [5, 5.41) is 10.5. The van der Waals surface area contributed by atoms with Crippen molar-refractivity contribution in [3.8, 4) is 0 Å². The minimum absolute atomic E-state index is 0.0943. The van der Waals surface area contributed by atoms with Gasteiger partial charge in [0.2, 0.25) is 29.5 Å². The van der Waals surface area contributed by atoms with Crippen molar-refractivity contribution in [1.29, 1.82) is 0 Å². The van der Waals surface area contributed by atoms with Crippen LogP contribution in [0, 0.1) is 17.3 Å². The third kappa shape index (κ3) is 11.7. The van der Waals surface area contributed by atoms with Gasteiger partial charge in [-0.05, 0) is 48.8 Å². The first-order valence-corrected chi connectivity index (χ1v) is 14.9. The summed E-state index contributed by atoms with van der Waals surface area (Å²) in [6.45, 7) is 11.9. The molecule has 43 heavy (non-hydrogen) atoms. The fourth-order valence-corrected chi connectivity index (χ4v) is 4.62. The highest BCUT2D eigenvalue weighted by atomic mass is 16.5. The summed E-state index contributed by atoms with van der Waals surface area (Å²) in [6.07, 6.45) is 1.76. The molecule has 1 aromatic carbocycles. The van der Waals surface area contributed by atoms with E-state index < -0.39 is 23.9 Å². The average Bonchev–Trinajstić information content (AvgIpc) is 3.23. The van der Waals surface area contributed by atoms with Gasteiger partial charge in [0, 0.05) is 31.6 Å². The number of ether oxygens (including phenoxy) is 1. The van der Waals surface area contributed by atoms with Crippen LogP contribution >= 0.6 is 0 Å². The number of amides is 6. The van der Waals surface area contributed by atoms with Gasteiger partial charge in [0.25, 0.3) is 0 Å². The van der Waals surface area contributed by atoms with Gasteiger partial charge in [-0.15, -0.1) is 0 Å². The van der Waals surface area contributed by atoms with E-state index in [-0.39, 0.29) is 61.0 Å². The van der Waals surface area contributed by atoms with Crippen molar-refractivity contribution < 1.29 is 33.5 Å². The Kier molecular flexibility index (Phi) is 13.6. The maximum absolute atomic E-state index is 12.8. The summed E-state index contributed by atoms with van der Waals surface area (Å²) in [7, 11) is 0. The van der Waals surface area contributed by atoms with Crippen molar-refractivity contribution in [3.05, 3.63) is 29.8 Å². The Morgan fingerprint density at radius 3 is 2.23 bits per heavy atom. The number of anilines is 1. The van der Waals surface area contributed by atoms with Crippen LogP contribution in [0.4, 0.5) is 10.5 Å². The van der Waals surface area contributed by atoms with Gasteiger partial charge in [0.05, 0.1) is 12.5 Å². The maximum atomic E-state index is 12.8. The second-order valence-electron chi connectivity index (χ2n) is 12.2. The molecule has 0 radical (unpaired) electrons. The Balaban J connectivity index is 1.70. The van der Waals surface area contributed by atoms with Gasteiger partial charge in [-0.25, -0.2) is 4.79 Å². The first kappa shape index (κ1) is 35.2. The maximum Gasteiger partial charge on any atom is 0.407 e. The number of imide groups is 1. The van der Waals surface area contributed by atoms with E-state index in [1.165, 1.54) is 4.90 Å². The van der Waals surface area contributed by atoms with Crippen molar-refractivity contribution in [2.24, 2.45) is 17.3 Å². The largest absolute Gasteiger partial charge is 0.445 e. The zero-order chi connectivity index (χ0) is 32.2. The normalized spacial score (nSPS) is 15.7. The molecule has 1 aromatic rings.